The van der Waals surface area contributed by atoms with Crippen LogP contribution in [-0.4, -0.2) is 50.2 Å². The molecule has 1 aliphatic rings. The zero-order valence-corrected chi connectivity index (χ0v) is 14.5. The minimum absolute atomic E-state index is 0.265. The second kappa shape index (κ2) is 7.95. The number of methoxy groups -OCH3 is 1. The summed E-state index contributed by atoms with van der Waals surface area (Å²) in [7, 11) is 1.55. The maximum atomic E-state index is 12.1. The van der Waals surface area contributed by atoms with Gasteiger partial charge in [0.1, 0.15) is 11.4 Å². The topological polar surface area (TPSA) is 92.8 Å². The van der Waals surface area contributed by atoms with Gasteiger partial charge in [0, 0.05) is 24.0 Å². The molecule has 132 valence electrons. The molecule has 1 aliphatic heterocycles. The van der Waals surface area contributed by atoms with E-state index in [9.17, 15) is 9.59 Å². The number of thiazole rings is 1. The van der Waals surface area contributed by atoms with E-state index in [0.717, 1.165) is 18.2 Å². The number of amides is 2. The highest BCUT2D eigenvalue weighted by molar-refractivity contribution is 7.13. The molecule has 2 aromatic rings. The van der Waals surface area contributed by atoms with Crippen molar-refractivity contribution in [1.29, 1.82) is 0 Å². The Bertz CT molecular complexity index is 741. The third-order valence-corrected chi connectivity index (χ3v) is 4.55. The molecule has 1 aromatic carbocycles. The Morgan fingerprint density at radius 3 is 2.52 bits per heavy atom. The van der Waals surface area contributed by atoms with Gasteiger partial charge in [-0.1, -0.05) is 0 Å². The van der Waals surface area contributed by atoms with E-state index in [4.69, 9.17) is 9.47 Å². The number of anilines is 1. The minimum Gasteiger partial charge on any atom is -0.497 e. The van der Waals surface area contributed by atoms with Gasteiger partial charge in [-0.05, 0) is 24.3 Å². The smallest absolute Gasteiger partial charge is 0.289 e. The van der Waals surface area contributed by atoms with Crippen molar-refractivity contribution in [3.63, 3.8) is 0 Å². The molecule has 25 heavy (non-hydrogen) atoms. The van der Waals surface area contributed by atoms with Crippen molar-refractivity contribution in [2.75, 3.05) is 38.3 Å². The highest BCUT2D eigenvalue weighted by Gasteiger charge is 2.18. The monoisotopic (exact) mass is 362 g/mol. The summed E-state index contributed by atoms with van der Waals surface area (Å²) in [5, 5.41) is 2.44. The summed E-state index contributed by atoms with van der Waals surface area (Å²) < 4.78 is 10.3. The number of nitrogens with one attached hydrogen (secondary N) is 2. The second-order valence-corrected chi connectivity index (χ2v) is 6.09. The molecule has 2 N–H and O–H groups in total. The van der Waals surface area contributed by atoms with Crippen LogP contribution < -0.4 is 20.5 Å². The Kier molecular flexibility index (Phi) is 5.46. The number of ether oxygens (including phenoxy) is 2. The first-order valence-corrected chi connectivity index (χ1v) is 8.58. The first kappa shape index (κ1) is 17.2. The van der Waals surface area contributed by atoms with Crippen molar-refractivity contribution in [2.24, 2.45) is 0 Å². The maximum Gasteiger partial charge on any atom is 0.289 e. The fraction of sp³-hybridized carbons (Fsp3) is 0.312. The third-order valence-electron chi connectivity index (χ3n) is 3.65. The molecular weight excluding hydrogens is 344 g/mol. The van der Waals surface area contributed by atoms with Gasteiger partial charge in [0.05, 0.1) is 20.3 Å². The van der Waals surface area contributed by atoms with Gasteiger partial charge >= 0.3 is 0 Å². The summed E-state index contributed by atoms with van der Waals surface area (Å²) in [5.74, 6) is -0.226. The predicted octanol–water partition coefficient (Wildman–Crippen LogP) is 1.06. The molecule has 8 nitrogen and oxygen atoms in total. The van der Waals surface area contributed by atoms with Gasteiger partial charge in [0.25, 0.3) is 11.8 Å². The van der Waals surface area contributed by atoms with Crippen molar-refractivity contribution < 1.29 is 19.1 Å². The molecule has 1 aromatic heterocycles. The second-order valence-electron chi connectivity index (χ2n) is 5.25. The van der Waals surface area contributed by atoms with Crippen molar-refractivity contribution in [1.82, 2.24) is 15.8 Å². The van der Waals surface area contributed by atoms with Crippen LogP contribution in [0.15, 0.2) is 29.6 Å². The number of benzene rings is 1. The number of hydrogen-bond donors (Lipinski definition) is 2. The van der Waals surface area contributed by atoms with E-state index >= 15 is 0 Å². The lowest BCUT2D eigenvalue weighted by Crippen LogP contribution is -2.41. The number of hydrogen-bond acceptors (Lipinski definition) is 7. The molecular formula is C16H18N4O4S. The highest BCUT2D eigenvalue weighted by Crippen LogP contribution is 2.21. The average molecular weight is 362 g/mol. The summed E-state index contributed by atoms with van der Waals surface area (Å²) in [6.45, 7) is 2.81. The molecule has 1 fully saturated rings. The molecule has 0 unspecified atom stereocenters. The van der Waals surface area contributed by atoms with E-state index < -0.39 is 11.8 Å². The zero-order chi connectivity index (χ0) is 17.6. The summed E-state index contributed by atoms with van der Waals surface area (Å²) in [4.78, 5) is 30.5. The molecule has 1 saturated heterocycles. The predicted molar refractivity (Wildman–Crippen MR) is 93.1 cm³/mol. The quantitative estimate of drug-likeness (QED) is 0.790. The van der Waals surface area contributed by atoms with E-state index in [1.54, 1.807) is 36.8 Å². The van der Waals surface area contributed by atoms with Crippen LogP contribution in [0.5, 0.6) is 5.75 Å². The van der Waals surface area contributed by atoms with E-state index in [2.05, 4.69) is 20.7 Å². The van der Waals surface area contributed by atoms with Crippen LogP contribution in [0.3, 0.4) is 0 Å². The van der Waals surface area contributed by atoms with Crippen LogP contribution in [0.4, 0.5) is 5.13 Å². The first-order chi connectivity index (χ1) is 12.2. The molecule has 0 aliphatic carbocycles. The van der Waals surface area contributed by atoms with E-state index in [1.807, 2.05) is 0 Å². The van der Waals surface area contributed by atoms with Gasteiger partial charge in [-0.15, -0.1) is 11.3 Å². The Morgan fingerprint density at radius 2 is 1.84 bits per heavy atom. The van der Waals surface area contributed by atoms with Crippen molar-refractivity contribution in [2.45, 2.75) is 0 Å². The zero-order valence-electron chi connectivity index (χ0n) is 13.7. The molecule has 0 radical (unpaired) electrons. The van der Waals surface area contributed by atoms with Gasteiger partial charge in [0.2, 0.25) is 0 Å². The average Bonchev–Trinajstić information content (AvgIpc) is 3.17. The first-order valence-electron chi connectivity index (χ1n) is 7.70. The number of rotatable bonds is 4. The standard InChI is InChI=1S/C16H18N4O4S/c1-23-12-4-2-11(3-5-12)14(21)18-19-15(22)13-10-25-16(17-13)20-6-8-24-9-7-20/h2-5,10H,6-9H2,1H3,(H,18,21)(H,19,22). The lowest BCUT2D eigenvalue weighted by Gasteiger charge is -2.25. The molecule has 0 bridgehead atoms. The molecule has 9 heteroatoms. The Morgan fingerprint density at radius 1 is 1.16 bits per heavy atom. The van der Waals surface area contributed by atoms with Crippen LogP contribution in [0, 0.1) is 0 Å². The largest absolute Gasteiger partial charge is 0.497 e. The fourth-order valence-corrected chi connectivity index (χ4v) is 3.12. The lowest BCUT2D eigenvalue weighted by molar-refractivity contribution is 0.0844. The van der Waals surface area contributed by atoms with Crippen LogP contribution >= 0.6 is 11.3 Å². The van der Waals surface area contributed by atoms with Crippen molar-refractivity contribution in [3.05, 3.63) is 40.9 Å². The van der Waals surface area contributed by atoms with Gasteiger partial charge in [0.15, 0.2) is 5.13 Å². The van der Waals surface area contributed by atoms with Crippen LogP contribution in [0.2, 0.25) is 0 Å². The number of hydrazine groups is 1. The number of carbonyl (C=O) groups excluding carboxylic acids is 2. The third kappa shape index (κ3) is 4.25. The van der Waals surface area contributed by atoms with Crippen LogP contribution in [0.1, 0.15) is 20.8 Å². The molecule has 0 saturated carbocycles. The number of nitrogens with zero attached hydrogens (tertiary/aromatic N) is 2. The Labute approximate surface area is 148 Å². The number of morpholine rings is 1. The van der Waals surface area contributed by atoms with Crippen LogP contribution in [0.25, 0.3) is 0 Å². The molecule has 3 rings (SSSR count). The summed E-state index contributed by atoms with van der Waals surface area (Å²) in [6, 6.07) is 6.57. The lowest BCUT2D eigenvalue weighted by atomic mass is 10.2. The van der Waals surface area contributed by atoms with E-state index in [0.29, 0.717) is 24.5 Å². The molecule has 2 heterocycles. The van der Waals surface area contributed by atoms with Gasteiger partial charge in [-0.3, -0.25) is 20.4 Å². The summed E-state index contributed by atoms with van der Waals surface area (Å²) in [5.41, 5.74) is 5.42. The number of aromatic nitrogens is 1. The summed E-state index contributed by atoms with van der Waals surface area (Å²) in [6.07, 6.45) is 0. The summed E-state index contributed by atoms with van der Waals surface area (Å²) >= 11 is 1.39. The molecule has 0 atom stereocenters. The SMILES string of the molecule is COc1ccc(C(=O)NNC(=O)c2csc(N3CCOCC3)n2)cc1. The van der Waals surface area contributed by atoms with E-state index in [1.165, 1.54) is 11.3 Å². The van der Waals surface area contributed by atoms with Crippen molar-refractivity contribution >= 4 is 28.3 Å². The van der Waals surface area contributed by atoms with Crippen LogP contribution in [-0.2, 0) is 4.74 Å². The van der Waals surface area contributed by atoms with Gasteiger partial charge in [-0.2, -0.15) is 0 Å². The number of carbonyl (C=O) groups is 2. The molecule has 0 spiro atoms. The minimum atomic E-state index is -0.461. The Balaban J connectivity index is 1.55. The maximum absolute atomic E-state index is 12.1. The fourth-order valence-electron chi connectivity index (χ4n) is 2.26. The van der Waals surface area contributed by atoms with Gasteiger partial charge < -0.3 is 14.4 Å². The van der Waals surface area contributed by atoms with E-state index in [-0.39, 0.29) is 5.69 Å². The van der Waals surface area contributed by atoms with Gasteiger partial charge in [-0.25, -0.2) is 4.98 Å². The highest BCUT2D eigenvalue weighted by atomic mass is 32.1. The Hall–Kier alpha value is -2.65. The molecule has 2 amide bonds. The van der Waals surface area contributed by atoms with Crippen molar-refractivity contribution in [3.8, 4) is 5.75 Å². The normalized spacial score (nSPS) is 14.0.